The van der Waals surface area contributed by atoms with Crippen LogP contribution in [0.3, 0.4) is 0 Å². The van der Waals surface area contributed by atoms with E-state index in [1.165, 1.54) is 6.07 Å². The summed E-state index contributed by atoms with van der Waals surface area (Å²) < 4.78 is 29.5. The molecule has 0 saturated heterocycles. The average molecular weight is 377 g/mol. The quantitative estimate of drug-likeness (QED) is 0.669. The second-order valence-corrected chi connectivity index (χ2v) is 5.75. The van der Waals surface area contributed by atoms with Gasteiger partial charge in [0.05, 0.1) is 21.4 Å². The van der Waals surface area contributed by atoms with Gasteiger partial charge in [-0.15, -0.1) is 0 Å². The van der Waals surface area contributed by atoms with Gasteiger partial charge in [-0.3, -0.25) is 0 Å². The smallest absolute Gasteiger partial charge is 0.387 e. The molecule has 0 fully saturated rings. The van der Waals surface area contributed by atoms with Gasteiger partial charge in [-0.1, -0.05) is 35.3 Å². The van der Waals surface area contributed by atoms with Gasteiger partial charge in [-0.25, -0.2) is 0 Å². The van der Waals surface area contributed by atoms with Gasteiger partial charge in [0.15, 0.2) is 5.11 Å². The highest BCUT2D eigenvalue weighted by Crippen LogP contribution is 2.31. The van der Waals surface area contributed by atoms with E-state index in [0.717, 1.165) is 5.56 Å². The molecule has 23 heavy (non-hydrogen) atoms. The number of rotatable bonds is 4. The molecule has 2 aromatic rings. The van der Waals surface area contributed by atoms with Gasteiger partial charge >= 0.3 is 6.61 Å². The van der Waals surface area contributed by atoms with Crippen molar-refractivity contribution in [2.75, 3.05) is 10.6 Å². The van der Waals surface area contributed by atoms with Crippen LogP contribution in [-0.2, 0) is 0 Å². The lowest BCUT2D eigenvalue weighted by molar-refractivity contribution is -0.0493. The van der Waals surface area contributed by atoms with E-state index >= 15 is 0 Å². The number of alkyl halides is 2. The summed E-state index contributed by atoms with van der Waals surface area (Å²) in [5.74, 6) is 0.00124. The van der Waals surface area contributed by atoms with Crippen LogP contribution in [-0.4, -0.2) is 11.7 Å². The van der Waals surface area contributed by atoms with Gasteiger partial charge in [0.25, 0.3) is 0 Å². The molecule has 0 spiro atoms. The predicted molar refractivity (Wildman–Crippen MR) is 94.1 cm³/mol. The third kappa shape index (κ3) is 4.92. The van der Waals surface area contributed by atoms with E-state index < -0.39 is 6.61 Å². The molecule has 0 aliphatic rings. The molecule has 122 valence electrons. The minimum absolute atomic E-state index is 0.00124. The number of halogens is 4. The Morgan fingerprint density at radius 3 is 2.52 bits per heavy atom. The Morgan fingerprint density at radius 2 is 1.83 bits per heavy atom. The second kappa shape index (κ2) is 7.77. The standard InChI is InChI=1S/C15H12Cl2F2N2OS/c1-8-5-6-10(12(7-8)22-14(18)19)20-15(23)21-11-4-2-3-9(16)13(11)17/h2-7,14H,1H3,(H2,20,21,23). The summed E-state index contributed by atoms with van der Waals surface area (Å²) in [6.07, 6.45) is 0. The van der Waals surface area contributed by atoms with E-state index in [4.69, 9.17) is 35.4 Å². The van der Waals surface area contributed by atoms with Crippen molar-refractivity contribution >= 4 is 51.9 Å². The molecule has 0 aliphatic carbocycles. The molecule has 2 aromatic carbocycles. The van der Waals surface area contributed by atoms with Crippen molar-refractivity contribution in [3.63, 3.8) is 0 Å². The summed E-state index contributed by atoms with van der Waals surface area (Å²) in [6, 6.07) is 9.87. The van der Waals surface area contributed by atoms with Crippen molar-refractivity contribution < 1.29 is 13.5 Å². The number of aryl methyl sites for hydroxylation is 1. The fourth-order valence-corrected chi connectivity index (χ4v) is 2.37. The topological polar surface area (TPSA) is 33.3 Å². The highest BCUT2D eigenvalue weighted by molar-refractivity contribution is 7.80. The normalized spacial score (nSPS) is 10.5. The molecule has 0 amide bonds. The minimum atomic E-state index is -2.93. The maximum Gasteiger partial charge on any atom is 0.387 e. The minimum Gasteiger partial charge on any atom is -0.433 e. The maximum atomic E-state index is 12.5. The highest BCUT2D eigenvalue weighted by atomic mass is 35.5. The summed E-state index contributed by atoms with van der Waals surface area (Å²) in [4.78, 5) is 0. The Labute approximate surface area is 147 Å². The third-order valence-electron chi connectivity index (χ3n) is 2.80. The zero-order chi connectivity index (χ0) is 17.0. The van der Waals surface area contributed by atoms with Crippen LogP contribution in [0.25, 0.3) is 0 Å². The molecule has 0 aliphatic heterocycles. The Kier molecular flexibility index (Phi) is 5.98. The molecule has 2 rings (SSSR count). The van der Waals surface area contributed by atoms with E-state index in [9.17, 15) is 8.78 Å². The first-order valence-electron chi connectivity index (χ1n) is 6.44. The van der Waals surface area contributed by atoms with E-state index in [1.54, 1.807) is 37.3 Å². The lowest BCUT2D eigenvalue weighted by atomic mass is 10.2. The summed E-state index contributed by atoms with van der Waals surface area (Å²) in [5.41, 5.74) is 1.59. The number of thiocarbonyl (C=S) groups is 1. The SMILES string of the molecule is Cc1ccc(NC(=S)Nc2cccc(Cl)c2Cl)c(OC(F)F)c1. The van der Waals surface area contributed by atoms with Crippen molar-refractivity contribution in [3.05, 3.63) is 52.0 Å². The first kappa shape index (κ1) is 17.7. The van der Waals surface area contributed by atoms with Crippen molar-refractivity contribution in [1.82, 2.24) is 0 Å². The fraction of sp³-hybridized carbons (Fsp3) is 0.133. The average Bonchev–Trinajstić information content (AvgIpc) is 2.46. The van der Waals surface area contributed by atoms with Crippen molar-refractivity contribution in [3.8, 4) is 5.75 Å². The molecule has 0 radical (unpaired) electrons. The number of nitrogens with one attached hydrogen (secondary N) is 2. The van der Waals surface area contributed by atoms with Gasteiger partial charge in [-0.05, 0) is 49.0 Å². The Morgan fingerprint density at radius 1 is 1.13 bits per heavy atom. The van der Waals surface area contributed by atoms with Gasteiger partial charge in [0.1, 0.15) is 5.75 Å². The van der Waals surface area contributed by atoms with Gasteiger partial charge in [0.2, 0.25) is 0 Å². The van der Waals surface area contributed by atoms with Gasteiger partial charge < -0.3 is 15.4 Å². The van der Waals surface area contributed by atoms with Crippen molar-refractivity contribution in [1.29, 1.82) is 0 Å². The lowest BCUT2D eigenvalue weighted by Crippen LogP contribution is -2.20. The van der Waals surface area contributed by atoms with Crippen LogP contribution < -0.4 is 15.4 Å². The number of hydrogen-bond donors (Lipinski definition) is 2. The van der Waals surface area contributed by atoms with Crippen LogP contribution in [0, 0.1) is 6.92 Å². The molecule has 0 bridgehead atoms. The van der Waals surface area contributed by atoms with E-state index in [1.807, 2.05) is 0 Å². The molecule has 0 unspecified atom stereocenters. The Bertz CT molecular complexity index is 729. The van der Waals surface area contributed by atoms with Crippen LogP contribution in [0.2, 0.25) is 10.0 Å². The van der Waals surface area contributed by atoms with Crippen molar-refractivity contribution in [2.45, 2.75) is 13.5 Å². The Hall–Kier alpha value is -1.63. The summed E-state index contributed by atoms with van der Waals surface area (Å²) in [5, 5.41) is 6.50. The van der Waals surface area contributed by atoms with Gasteiger partial charge in [-0.2, -0.15) is 8.78 Å². The maximum absolute atomic E-state index is 12.5. The van der Waals surface area contributed by atoms with Crippen LogP contribution in [0.5, 0.6) is 5.75 Å². The third-order valence-corrected chi connectivity index (χ3v) is 3.82. The zero-order valence-corrected chi connectivity index (χ0v) is 14.2. The zero-order valence-electron chi connectivity index (χ0n) is 11.9. The predicted octanol–water partition coefficient (Wildman–Crippen LogP) is 5.71. The van der Waals surface area contributed by atoms with Gasteiger partial charge in [0, 0.05) is 0 Å². The lowest BCUT2D eigenvalue weighted by Gasteiger charge is -2.15. The molecule has 3 nitrogen and oxygen atoms in total. The first-order chi connectivity index (χ1) is 10.9. The molecule has 0 heterocycles. The highest BCUT2D eigenvalue weighted by Gasteiger charge is 2.12. The molecular weight excluding hydrogens is 365 g/mol. The fourth-order valence-electron chi connectivity index (χ4n) is 1.80. The molecule has 8 heteroatoms. The number of anilines is 2. The summed E-state index contributed by atoms with van der Waals surface area (Å²) >= 11 is 17.1. The monoisotopic (exact) mass is 376 g/mol. The second-order valence-electron chi connectivity index (χ2n) is 4.56. The van der Waals surface area contributed by atoms with Crippen LogP contribution >= 0.6 is 35.4 Å². The largest absolute Gasteiger partial charge is 0.433 e. The molecule has 0 saturated carbocycles. The molecular formula is C15H12Cl2F2N2OS. The number of ether oxygens (including phenoxy) is 1. The summed E-state index contributed by atoms with van der Waals surface area (Å²) in [7, 11) is 0. The Balaban J connectivity index is 2.15. The number of hydrogen-bond acceptors (Lipinski definition) is 2. The molecule has 0 atom stereocenters. The summed E-state index contributed by atoms with van der Waals surface area (Å²) in [6.45, 7) is -1.16. The molecule has 0 aromatic heterocycles. The van der Waals surface area contributed by atoms with Crippen LogP contribution in [0.1, 0.15) is 5.56 Å². The van der Waals surface area contributed by atoms with E-state index in [-0.39, 0.29) is 10.9 Å². The van der Waals surface area contributed by atoms with Crippen LogP contribution in [0.4, 0.5) is 20.2 Å². The first-order valence-corrected chi connectivity index (χ1v) is 7.60. The van der Waals surface area contributed by atoms with Crippen LogP contribution in [0.15, 0.2) is 36.4 Å². The van der Waals surface area contributed by atoms with Crippen molar-refractivity contribution in [2.24, 2.45) is 0 Å². The van der Waals surface area contributed by atoms with E-state index in [0.29, 0.717) is 21.4 Å². The van der Waals surface area contributed by atoms with E-state index in [2.05, 4.69) is 15.4 Å². The number of benzene rings is 2. The molecule has 2 N–H and O–H groups in total.